The number of benzene rings is 2. The highest BCUT2D eigenvalue weighted by atomic mass is 15.2. The molecule has 2 aromatic carbocycles. The Morgan fingerprint density at radius 2 is 1.71 bits per heavy atom. The highest BCUT2D eigenvalue weighted by Gasteiger charge is 2.23. The summed E-state index contributed by atoms with van der Waals surface area (Å²) in [7, 11) is 0. The van der Waals surface area contributed by atoms with Gasteiger partial charge in [-0.05, 0) is 23.1 Å². The molecule has 1 aliphatic heterocycles. The van der Waals surface area contributed by atoms with E-state index in [-0.39, 0.29) is 0 Å². The van der Waals surface area contributed by atoms with Gasteiger partial charge in [0.2, 0.25) is 0 Å². The Labute approximate surface area is 127 Å². The molecule has 1 aliphatic rings. The Bertz CT molecular complexity index is 565. The van der Waals surface area contributed by atoms with Crippen LogP contribution in [0.15, 0.2) is 54.6 Å². The van der Waals surface area contributed by atoms with Crippen molar-refractivity contribution in [3.63, 3.8) is 0 Å². The normalized spacial score (nSPS) is 19.6. The molecule has 2 aromatic rings. The second kappa shape index (κ2) is 6.88. The first-order chi connectivity index (χ1) is 10.4. The zero-order chi connectivity index (χ0) is 14.5. The number of rotatable bonds is 4. The highest BCUT2D eigenvalue weighted by Crippen LogP contribution is 2.25. The topological polar surface area (TPSA) is 15.3 Å². The van der Waals surface area contributed by atoms with Crippen LogP contribution in [-0.4, -0.2) is 24.5 Å². The van der Waals surface area contributed by atoms with Crippen LogP contribution < -0.4 is 5.32 Å². The summed E-state index contributed by atoms with van der Waals surface area (Å²) < 4.78 is 0. The van der Waals surface area contributed by atoms with Gasteiger partial charge in [0.05, 0.1) is 0 Å². The second-order valence-corrected chi connectivity index (χ2v) is 5.72. The standard InChI is InChI=1S/C19H24N2/c1-2-16-8-6-7-11-18(16)15-21-13-12-20-14-19(21)17-9-4-3-5-10-17/h3-11,19-20H,2,12-15H2,1H3. The molecule has 3 rings (SSSR count). The van der Waals surface area contributed by atoms with E-state index in [4.69, 9.17) is 0 Å². The van der Waals surface area contributed by atoms with Crippen molar-refractivity contribution in [2.45, 2.75) is 25.9 Å². The van der Waals surface area contributed by atoms with Crippen molar-refractivity contribution in [2.24, 2.45) is 0 Å². The summed E-state index contributed by atoms with van der Waals surface area (Å²) in [6.07, 6.45) is 1.11. The maximum absolute atomic E-state index is 3.54. The van der Waals surface area contributed by atoms with Crippen molar-refractivity contribution in [1.29, 1.82) is 0 Å². The molecule has 1 fully saturated rings. The fourth-order valence-corrected chi connectivity index (χ4v) is 3.21. The summed E-state index contributed by atoms with van der Waals surface area (Å²) >= 11 is 0. The van der Waals surface area contributed by atoms with Crippen LogP contribution in [0.2, 0.25) is 0 Å². The number of nitrogens with zero attached hydrogens (tertiary/aromatic N) is 1. The molecule has 1 unspecified atom stereocenters. The summed E-state index contributed by atoms with van der Waals surface area (Å²) in [5.74, 6) is 0. The lowest BCUT2D eigenvalue weighted by Crippen LogP contribution is -2.45. The van der Waals surface area contributed by atoms with E-state index in [1.165, 1.54) is 16.7 Å². The van der Waals surface area contributed by atoms with Crippen LogP contribution in [-0.2, 0) is 13.0 Å². The molecule has 2 nitrogen and oxygen atoms in total. The summed E-state index contributed by atoms with van der Waals surface area (Å²) in [5, 5.41) is 3.54. The highest BCUT2D eigenvalue weighted by molar-refractivity contribution is 5.28. The maximum Gasteiger partial charge on any atom is 0.0476 e. The minimum absolute atomic E-state index is 0.477. The average Bonchev–Trinajstić information content (AvgIpc) is 2.57. The SMILES string of the molecule is CCc1ccccc1CN1CCNCC1c1ccccc1. The number of hydrogen-bond donors (Lipinski definition) is 1. The number of aryl methyl sites for hydroxylation is 1. The van der Waals surface area contributed by atoms with E-state index < -0.39 is 0 Å². The number of hydrogen-bond acceptors (Lipinski definition) is 2. The van der Waals surface area contributed by atoms with E-state index in [0.29, 0.717) is 6.04 Å². The molecule has 0 spiro atoms. The van der Waals surface area contributed by atoms with Crippen LogP contribution in [0.5, 0.6) is 0 Å². The largest absolute Gasteiger partial charge is 0.314 e. The smallest absolute Gasteiger partial charge is 0.0476 e. The minimum Gasteiger partial charge on any atom is -0.314 e. The molecule has 0 bridgehead atoms. The van der Waals surface area contributed by atoms with Gasteiger partial charge in [0.15, 0.2) is 0 Å². The van der Waals surface area contributed by atoms with E-state index in [0.717, 1.165) is 32.6 Å². The average molecular weight is 280 g/mol. The third-order valence-corrected chi connectivity index (χ3v) is 4.41. The van der Waals surface area contributed by atoms with Crippen LogP contribution in [0, 0.1) is 0 Å². The molecule has 1 N–H and O–H groups in total. The van der Waals surface area contributed by atoms with Crippen molar-refractivity contribution >= 4 is 0 Å². The molecule has 0 saturated carbocycles. The predicted molar refractivity (Wildman–Crippen MR) is 88.3 cm³/mol. The van der Waals surface area contributed by atoms with Gasteiger partial charge in [-0.15, -0.1) is 0 Å². The first kappa shape index (κ1) is 14.3. The molecule has 0 aliphatic carbocycles. The molecule has 1 saturated heterocycles. The second-order valence-electron chi connectivity index (χ2n) is 5.72. The van der Waals surface area contributed by atoms with Crippen LogP contribution >= 0.6 is 0 Å². The molecule has 0 radical (unpaired) electrons. The van der Waals surface area contributed by atoms with Gasteiger partial charge in [0.1, 0.15) is 0 Å². The molecule has 0 aromatic heterocycles. The lowest BCUT2D eigenvalue weighted by molar-refractivity contribution is 0.153. The molecule has 2 heteroatoms. The van der Waals surface area contributed by atoms with Gasteiger partial charge < -0.3 is 5.32 Å². The molecule has 1 heterocycles. The van der Waals surface area contributed by atoms with E-state index in [2.05, 4.69) is 71.7 Å². The quantitative estimate of drug-likeness (QED) is 0.923. The van der Waals surface area contributed by atoms with Crippen molar-refractivity contribution in [3.8, 4) is 0 Å². The van der Waals surface area contributed by atoms with Gasteiger partial charge in [-0.25, -0.2) is 0 Å². The molecule has 1 atom stereocenters. The van der Waals surface area contributed by atoms with Crippen LogP contribution in [0.4, 0.5) is 0 Å². The predicted octanol–water partition coefficient (Wildman–Crippen LogP) is 3.40. The maximum atomic E-state index is 3.54. The zero-order valence-electron chi connectivity index (χ0n) is 12.8. The van der Waals surface area contributed by atoms with Crippen LogP contribution in [0.1, 0.15) is 29.7 Å². The fourth-order valence-electron chi connectivity index (χ4n) is 3.21. The van der Waals surface area contributed by atoms with Gasteiger partial charge in [-0.3, -0.25) is 4.90 Å². The number of piperazine rings is 1. The Hall–Kier alpha value is -1.64. The first-order valence-electron chi connectivity index (χ1n) is 7.95. The monoisotopic (exact) mass is 280 g/mol. The van der Waals surface area contributed by atoms with E-state index >= 15 is 0 Å². The molecule has 110 valence electrons. The van der Waals surface area contributed by atoms with Gasteiger partial charge in [0, 0.05) is 32.2 Å². The third kappa shape index (κ3) is 3.34. The fraction of sp³-hybridized carbons (Fsp3) is 0.368. The molecule has 0 amide bonds. The lowest BCUT2D eigenvalue weighted by atomic mass is 10.00. The van der Waals surface area contributed by atoms with E-state index in [1.54, 1.807) is 0 Å². The molecule has 21 heavy (non-hydrogen) atoms. The Balaban J connectivity index is 1.82. The van der Waals surface area contributed by atoms with Gasteiger partial charge in [-0.2, -0.15) is 0 Å². The minimum atomic E-state index is 0.477. The van der Waals surface area contributed by atoms with Gasteiger partial charge in [-0.1, -0.05) is 61.5 Å². The van der Waals surface area contributed by atoms with Gasteiger partial charge >= 0.3 is 0 Å². The molecular formula is C19H24N2. The first-order valence-corrected chi connectivity index (χ1v) is 7.95. The molecular weight excluding hydrogens is 256 g/mol. The Morgan fingerprint density at radius 1 is 1.00 bits per heavy atom. The summed E-state index contributed by atoms with van der Waals surface area (Å²) in [5.41, 5.74) is 4.37. The summed E-state index contributed by atoms with van der Waals surface area (Å²) in [6.45, 7) is 6.52. The van der Waals surface area contributed by atoms with Gasteiger partial charge in [0.25, 0.3) is 0 Å². The zero-order valence-corrected chi connectivity index (χ0v) is 12.8. The Kier molecular flexibility index (Phi) is 4.69. The van der Waals surface area contributed by atoms with Crippen LogP contribution in [0.25, 0.3) is 0 Å². The van der Waals surface area contributed by atoms with E-state index in [9.17, 15) is 0 Å². The number of nitrogens with one attached hydrogen (secondary N) is 1. The van der Waals surface area contributed by atoms with Crippen molar-refractivity contribution < 1.29 is 0 Å². The third-order valence-electron chi connectivity index (χ3n) is 4.41. The van der Waals surface area contributed by atoms with E-state index in [1.807, 2.05) is 0 Å². The van der Waals surface area contributed by atoms with Crippen molar-refractivity contribution in [2.75, 3.05) is 19.6 Å². The summed E-state index contributed by atoms with van der Waals surface area (Å²) in [6, 6.07) is 20.2. The Morgan fingerprint density at radius 3 is 2.48 bits per heavy atom. The van der Waals surface area contributed by atoms with Crippen molar-refractivity contribution in [1.82, 2.24) is 10.2 Å². The van der Waals surface area contributed by atoms with Crippen LogP contribution in [0.3, 0.4) is 0 Å². The van der Waals surface area contributed by atoms with Crippen molar-refractivity contribution in [3.05, 3.63) is 71.3 Å². The summed E-state index contributed by atoms with van der Waals surface area (Å²) in [4.78, 5) is 2.61. The lowest BCUT2D eigenvalue weighted by Gasteiger charge is -2.37.